The normalized spacial score (nSPS) is 29.7. The van der Waals surface area contributed by atoms with Gasteiger partial charge >= 0.3 is 0 Å². The molecular formula is C18H30N2O2S. The van der Waals surface area contributed by atoms with Crippen molar-refractivity contribution >= 4 is 11.3 Å². The predicted molar refractivity (Wildman–Crippen MR) is 95.0 cm³/mol. The first-order valence-electron chi connectivity index (χ1n) is 8.77. The van der Waals surface area contributed by atoms with E-state index in [-0.39, 0.29) is 5.60 Å². The molecule has 3 heterocycles. The van der Waals surface area contributed by atoms with E-state index < -0.39 is 0 Å². The smallest absolute Gasteiger partial charge is 0.105 e. The molecule has 23 heavy (non-hydrogen) atoms. The molecule has 0 aliphatic carbocycles. The Labute approximate surface area is 144 Å². The Hall–Kier alpha value is -0.460. The van der Waals surface area contributed by atoms with E-state index in [4.69, 9.17) is 9.47 Å². The lowest BCUT2D eigenvalue weighted by Gasteiger charge is -2.32. The summed E-state index contributed by atoms with van der Waals surface area (Å²) < 4.78 is 12.4. The first-order chi connectivity index (χ1) is 11.1. The molecule has 3 rings (SSSR count). The van der Waals surface area contributed by atoms with Crippen molar-refractivity contribution in [2.24, 2.45) is 0 Å². The Balaban J connectivity index is 1.59. The van der Waals surface area contributed by atoms with E-state index in [2.05, 4.69) is 48.2 Å². The van der Waals surface area contributed by atoms with E-state index >= 15 is 0 Å². The van der Waals surface area contributed by atoms with Gasteiger partial charge in [-0.3, -0.25) is 4.90 Å². The second-order valence-corrected chi connectivity index (χ2v) is 8.37. The van der Waals surface area contributed by atoms with Crippen molar-refractivity contribution in [2.75, 3.05) is 39.9 Å². The van der Waals surface area contributed by atoms with Gasteiger partial charge in [0.15, 0.2) is 0 Å². The fourth-order valence-corrected chi connectivity index (χ4v) is 4.27. The number of thiophene rings is 1. The lowest BCUT2D eigenvalue weighted by molar-refractivity contribution is -0.0924. The van der Waals surface area contributed by atoms with Gasteiger partial charge in [-0.15, -0.1) is 11.3 Å². The van der Waals surface area contributed by atoms with Crippen LogP contribution in [-0.2, 0) is 16.0 Å². The molecule has 0 bridgehead atoms. The van der Waals surface area contributed by atoms with Gasteiger partial charge < -0.3 is 14.4 Å². The van der Waals surface area contributed by atoms with Crippen molar-refractivity contribution in [2.45, 2.75) is 51.0 Å². The van der Waals surface area contributed by atoms with Crippen molar-refractivity contribution in [1.82, 2.24) is 9.80 Å². The van der Waals surface area contributed by atoms with Crippen LogP contribution in [0.15, 0.2) is 17.5 Å². The molecule has 2 atom stereocenters. The van der Waals surface area contributed by atoms with E-state index in [0.717, 1.165) is 52.2 Å². The fraction of sp³-hybridized carbons (Fsp3) is 0.778. The average Bonchev–Trinajstić information content (AvgIpc) is 3.09. The van der Waals surface area contributed by atoms with Crippen LogP contribution in [0.3, 0.4) is 0 Å². The van der Waals surface area contributed by atoms with Crippen molar-refractivity contribution < 1.29 is 9.47 Å². The fourth-order valence-electron chi connectivity index (χ4n) is 3.52. The highest BCUT2D eigenvalue weighted by molar-refractivity contribution is 7.09. The maximum absolute atomic E-state index is 6.54. The molecule has 1 aromatic heterocycles. The van der Waals surface area contributed by atoms with E-state index in [0.29, 0.717) is 12.1 Å². The van der Waals surface area contributed by atoms with Crippen molar-refractivity contribution in [1.29, 1.82) is 0 Å². The van der Waals surface area contributed by atoms with Crippen molar-refractivity contribution in [3.8, 4) is 0 Å². The van der Waals surface area contributed by atoms with E-state index in [1.807, 2.05) is 11.3 Å². The van der Waals surface area contributed by atoms with Crippen molar-refractivity contribution in [3.63, 3.8) is 0 Å². The molecule has 2 aliphatic heterocycles. The molecular weight excluding hydrogens is 308 g/mol. The third-order valence-corrected chi connectivity index (χ3v) is 5.96. The molecule has 1 spiro atoms. The molecule has 0 amide bonds. The minimum atomic E-state index is -0.101. The van der Waals surface area contributed by atoms with Crippen LogP contribution in [0.5, 0.6) is 0 Å². The van der Waals surface area contributed by atoms with Crippen LogP contribution >= 0.6 is 11.3 Å². The third kappa shape index (κ3) is 4.54. The highest BCUT2D eigenvalue weighted by atomic mass is 32.1. The van der Waals surface area contributed by atoms with Crippen molar-refractivity contribution in [3.05, 3.63) is 22.4 Å². The molecule has 0 saturated carbocycles. The van der Waals surface area contributed by atoms with Crippen LogP contribution in [-0.4, -0.2) is 67.4 Å². The predicted octanol–water partition coefficient (Wildman–Crippen LogP) is 2.84. The summed E-state index contributed by atoms with van der Waals surface area (Å²) in [6.45, 7) is 10.1. The summed E-state index contributed by atoms with van der Waals surface area (Å²) in [6, 6.07) is 4.92. The Morgan fingerprint density at radius 3 is 3.09 bits per heavy atom. The lowest BCUT2D eigenvalue weighted by atomic mass is 10.00. The second-order valence-electron chi connectivity index (χ2n) is 7.34. The quantitative estimate of drug-likeness (QED) is 0.824. The molecule has 0 N–H and O–H groups in total. The van der Waals surface area contributed by atoms with Gasteiger partial charge in [0.2, 0.25) is 0 Å². The third-order valence-electron chi connectivity index (χ3n) is 5.10. The molecule has 0 aromatic carbocycles. The SMILES string of the molecule is CC(C)N(C)C[C@@H]1CC[C@@]2(COCCN(Cc3cccs3)C2)O1. The van der Waals surface area contributed by atoms with Crippen LogP contribution in [0.4, 0.5) is 0 Å². The summed E-state index contributed by atoms with van der Waals surface area (Å²) >= 11 is 1.84. The molecule has 2 aliphatic rings. The van der Waals surface area contributed by atoms with Gasteiger partial charge in [0.05, 0.1) is 19.3 Å². The zero-order valence-electron chi connectivity index (χ0n) is 14.7. The number of nitrogens with zero attached hydrogens (tertiary/aromatic N) is 2. The number of rotatable bonds is 5. The summed E-state index contributed by atoms with van der Waals surface area (Å²) in [7, 11) is 2.19. The molecule has 0 radical (unpaired) electrons. The first-order valence-corrected chi connectivity index (χ1v) is 9.65. The number of likely N-dealkylation sites (N-methyl/N-ethyl adjacent to an activating group) is 1. The molecule has 1 aromatic rings. The number of hydrogen-bond donors (Lipinski definition) is 0. The largest absolute Gasteiger partial charge is 0.377 e. The van der Waals surface area contributed by atoms with Gasteiger partial charge in [-0.1, -0.05) is 6.07 Å². The standard InChI is InChI=1S/C18H30N2O2S/c1-15(2)19(3)11-16-6-7-18(22-16)13-20(8-9-21-14-18)12-17-5-4-10-23-17/h4-5,10,15-16H,6-9,11-14H2,1-3H3/t16-,18+/m0/s1. The molecule has 5 heteroatoms. The Morgan fingerprint density at radius 2 is 2.35 bits per heavy atom. The van der Waals surface area contributed by atoms with E-state index in [1.54, 1.807) is 0 Å². The van der Waals surface area contributed by atoms with Crippen LogP contribution in [0.2, 0.25) is 0 Å². The lowest BCUT2D eigenvalue weighted by Crippen LogP contribution is -2.45. The van der Waals surface area contributed by atoms with E-state index in [1.165, 1.54) is 4.88 Å². The summed E-state index contributed by atoms with van der Waals surface area (Å²) in [4.78, 5) is 6.31. The molecule has 4 nitrogen and oxygen atoms in total. The van der Waals surface area contributed by atoms with Gasteiger partial charge in [0, 0.05) is 37.1 Å². The average molecular weight is 339 g/mol. The summed E-state index contributed by atoms with van der Waals surface area (Å²) in [5.41, 5.74) is -0.101. The molecule has 2 fully saturated rings. The maximum atomic E-state index is 6.54. The second kappa shape index (κ2) is 7.62. The number of hydrogen-bond acceptors (Lipinski definition) is 5. The number of ether oxygens (including phenoxy) is 2. The maximum Gasteiger partial charge on any atom is 0.105 e. The van der Waals surface area contributed by atoms with Crippen LogP contribution in [0.1, 0.15) is 31.6 Å². The molecule has 130 valence electrons. The first kappa shape index (κ1) is 17.4. The molecule has 2 saturated heterocycles. The van der Waals surface area contributed by atoms with Gasteiger partial charge in [-0.05, 0) is 45.2 Å². The zero-order valence-corrected chi connectivity index (χ0v) is 15.5. The summed E-state index contributed by atoms with van der Waals surface area (Å²) in [5.74, 6) is 0. The Bertz CT molecular complexity index is 479. The summed E-state index contributed by atoms with van der Waals surface area (Å²) in [6.07, 6.45) is 2.60. The zero-order chi connectivity index (χ0) is 16.3. The Kier molecular flexibility index (Phi) is 5.75. The van der Waals surface area contributed by atoms with Gasteiger partial charge in [0.25, 0.3) is 0 Å². The topological polar surface area (TPSA) is 24.9 Å². The monoisotopic (exact) mass is 338 g/mol. The van der Waals surface area contributed by atoms with Gasteiger partial charge in [0.1, 0.15) is 5.60 Å². The highest BCUT2D eigenvalue weighted by Crippen LogP contribution is 2.34. The minimum Gasteiger partial charge on any atom is -0.377 e. The molecule has 0 unspecified atom stereocenters. The van der Waals surface area contributed by atoms with Crippen LogP contribution < -0.4 is 0 Å². The van der Waals surface area contributed by atoms with Crippen LogP contribution in [0, 0.1) is 0 Å². The Morgan fingerprint density at radius 1 is 1.48 bits per heavy atom. The van der Waals surface area contributed by atoms with E-state index in [9.17, 15) is 0 Å². The van der Waals surface area contributed by atoms with Gasteiger partial charge in [-0.25, -0.2) is 0 Å². The van der Waals surface area contributed by atoms with Crippen LogP contribution in [0.25, 0.3) is 0 Å². The highest BCUT2D eigenvalue weighted by Gasteiger charge is 2.43. The minimum absolute atomic E-state index is 0.101. The summed E-state index contributed by atoms with van der Waals surface area (Å²) in [5, 5.41) is 2.16. The van der Waals surface area contributed by atoms with Gasteiger partial charge in [-0.2, -0.15) is 0 Å².